The maximum atomic E-state index is 6.36. The lowest BCUT2D eigenvalue weighted by Crippen LogP contribution is -2.50. The van der Waals surface area contributed by atoms with E-state index in [1.54, 1.807) is 0 Å². The predicted molar refractivity (Wildman–Crippen MR) is 90.9 cm³/mol. The number of rotatable bonds is 8. The molecular formula is C17H37N3O. The number of hydrogen-bond acceptors (Lipinski definition) is 4. The average molecular weight is 300 g/mol. The molecule has 0 aliphatic carbocycles. The molecule has 0 saturated carbocycles. The summed E-state index contributed by atoms with van der Waals surface area (Å²) < 4.78 is 6.36. The highest BCUT2D eigenvalue weighted by molar-refractivity contribution is 5.05. The lowest BCUT2D eigenvalue weighted by atomic mass is 9.82. The fraction of sp³-hybridized carbons (Fsp3) is 1.00. The SMILES string of the molecule is CCNC1C(CN(C)CCCN(C)C)C(C)(C)OC1(C)C. The molecule has 0 spiro atoms. The molecule has 126 valence electrons. The number of nitrogens with one attached hydrogen (secondary N) is 1. The highest BCUT2D eigenvalue weighted by Crippen LogP contribution is 2.42. The van der Waals surface area contributed by atoms with E-state index in [2.05, 4.69) is 70.9 Å². The van der Waals surface area contributed by atoms with E-state index in [1.165, 1.54) is 6.42 Å². The number of ether oxygens (including phenoxy) is 1. The first-order valence-corrected chi connectivity index (χ1v) is 8.37. The monoisotopic (exact) mass is 299 g/mol. The van der Waals surface area contributed by atoms with Gasteiger partial charge < -0.3 is 19.9 Å². The van der Waals surface area contributed by atoms with Crippen molar-refractivity contribution in [3.63, 3.8) is 0 Å². The van der Waals surface area contributed by atoms with Gasteiger partial charge in [0.2, 0.25) is 0 Å². The molecule has 0 amide bonds. The van der Waals surface area contributed by atoms with Crippen LogP contribution >= 0.6 is 0 Å². The Kier molecular flexibility index (Phi) is 6.66. The first-order chi connectivity index (χ1) is 9.60. The van der Waals surface area contributed by atoms with Gasteiger partial charge in [-0.1, -0.05) is 6.92 Å². The fourth-order valence-corrected chi connectivity index (χ4v) is 3.72. The highest BCUT2D eigenvalue weighted by atomic mass is 16.5. The van der Waals surface area contributed by atoms with Gasteiger partial charge in [-0.3, -0.25) is 0 Å². The molecule has 21 heavy (non-hydrogen) atoms. The van der Waals surface area contributed by atoms with Gasteiger partial charge in [-0.2, -0.15) is 0 Å². The Morgan fingerprint density at radius 2 is 1.62 bits per heavy atom. The van der Waals surface area contributed by atoms with Crippen LogP contribution in [0.1, 0.15) is 41.0 Å². The molecule has 1 aliphatic heterocycles. The van der Waals surface area contributed by atoms with Crippen LogP contribution in [0.15, 0.2) is 0 Å². The van der Waals surface area contributed by atoms with Gasteiger partial charge in [0.15, 0.2) is 0 Å². The van der Waals surface area contributed by atoms with E-state index in [0.29, 0.717) is 12.0 Å². The fourth-order valence-electron chi connectivity index (χ4n) is 3.72. The van der Waals surface area contributed by atoms with Gasteiger partial charge in [-0.15, -0.1) is 0 Å². The number of likely N-dealkylation sites (N-methyl/N-ethyl adjacent to an activating group) is 1. The second kappa shape index (κ2) is 7.40. The summed E-state index contributed by atoms with van der Waals surface area (Å²) >= 11 is 0. The zero-order valence-electron chi connectivity index (χ0n) is 15.5. The van der Waals surface area contributed by atoms with Crippen LogP contribution in [0.4, 0.5) is 0 Å². The molecule has 0 aromatic rings. The molecule has 0 radical (unpaired) electrons. The van der Waals surface area contributed by atoms with Crippen LogP contribution in [0.25, 0.3) is 0 Å². The Morgan fingerprint density at radius 3 is 2.14 bits per heavy atom. The lowest BCUT2D eigenvalue weighted by Gasteiger charge is -2.33. The van der Waals surface area contributed by atoms with Crippen molar-refractivity contribution < 1.29 is 4.74 Å². The summed E-state index contributed by atoms with van der Waals surface area (Å²) in [5, 5.41) is 3.66. The minimum absolute atomic E-state index is 0.0772. The van der Waals surface area contributed by atoms with Crippen molar-refractivity contribution >= 4 is 0 Å². The third-order valence-corrected chi connectivity index (χ3v) is 4.65. The van der Waals surface area contributed by atoms with Crippen molar-refractivity contribution in [1.29, 1.82) is 0 Å². The minimum atomic E-state index is -0.103. The molecule has 0 aromatic heterocycles. The van der Waals surface area contributed by atoms with E-state index in [-0.39, 0.29) is 11.2 Å². The quantitative estimate of drug-likeness (QED) is 0.742. The molecule has 1 rings (SSSR count). The maximum Gasteiger partial charge on any atom is 0.0790 e. The summed E-state index contributed by atoms with van der Waals surface area (Å²) in [5.74, 6) is 0.511. The molecular weight excluding hydrogens is 262 g/mol. The smallest absolute Gasteiger partial charge is 0.0790 e. The summed E-state index contributed by atoms with van der Waals surface area (Å²) in [6.45, 7) is 15.5. The summed E-state index contributed by atoms with van der Waals surface area (Å²) in [5.41, 5.74) is -0.180. The van der Waals surface area contributed by atoms with E-state index < -0.39 is 0 Å². The molecule has 4 nitrogen and oxygen atoms in total. The van der Waals surface area contributed by atoms with E-state index in [0.717, 1.165) is 26.2 Å². The van der Waals surface area contributed by atoms with Gasteiger partial charge in [-0.05, 0) is 74.9 Å². The third-order valence-electron chi connectivity index (χ3n) is 4.65. The Hall–Kier alpha value is -0.160. The standard InChI is InChI=1S/C17H37N3O/c1-9-18-15-14(16(2,3)21-17(15,4)5)13-20(8)12-10-11-19(6)7/h14-15,18H,9-13H2,1-8H3. The topological polar surface area (TPSA) is 27.7 Å². The van der Waals surface area contributed by atoms with Crippen molar-refractivity contribution in [2.24, 2.45) is 5.92 Å². The van der Waals surface area contributed by atoms with Gasteiger partial charge >= 0.3 is 0 Å². The molecule has 1 fully saturated rings. The first kappa shape index (κ1) is 18.9. The van der Waals surface area contributed by atoms with Gasteiger partial charge in [-0.25, -0.2) is 0 Å². The highest BCUT2D eigenvalue weighted by Gasteiger charge is 2.53. The molecule has 4 heteroatoms. The largest absolute Gasteiger partial charge is 0.368 e. The van der Waals surface area contributed by atoms with Crippen molar-refractivity contribution in [3.05, 3.63) is 0 Å². The van der Waals surface area contributed by atoms with Gasteiger partial charge in [0.25, 0.3) is 0 Å². The second-order valence-electron chi connectivity index (χ2n) is 7.87. The first-order valence-electron chi connectivity index (χ1n) is 8.37. The lowest BCUT2D eigenvalue weighted by molar-refractivity contribution is -0.0792. The summed E-state index contributed by atoms with van der Waals surface area (Å²) in [6.07, 6.45) is 1.22. The Morgan fingerprint density at radius 1 is 1.00 bits per heavy atom. The van der Waals surface area contributed by atoms with E-state index in [9.17, 15) is 0 Å². The van der Waals surface area contributed by atoms with E-state index >= 15 is 0 Å². The summed E-state index contributed by atoms with van der Waals surface area (Å²) in [4.78, 5) is 4.71. The van der Waals surface area contributed by atoms with Crippen molar-refractivity contribution in [2.45, 2.75) is 58.3 Å². The molecule has 2 atom stereocenters. The number of nitrogens with zero attached hydrogens (tertiary/aromatic N) is 2. The molecule has 0 aromatic carbocycles. The number of hydrogen-bond donors (Lipinski definition) is 1. The average Bonchev–Trinajstić information content (AvgIpc) is 2.47. The molecule has 1 saturated heterocycles. The Labute approximate surface area is 132 Å². The maximum absolute atomic E-state index is 6.36. The molecule has 1 heterocycles. The zero-order valence-corrected chi connectivity index (χ0v) is 15.5. The molecule has 1 N–H and O–H groups in total. The van der Waals surface area contributed by atoms with Crippen molar-refractivity contribution in [2.75, 3.05) is 47.3 Å². The van der Waals surface area contributed by atoms with Gasteiger partial charge in [0.05, 0.1) is 11.2 Å². The minimum Gasteiger partial charge on any atom is -0.368 e. The van der Waals surface area contributed by atoms with Crippen LogP contribution < -0.4 is 5.32 Å². The van der Waals surface area contributed by atoms with E-state index in [1.807, 2.05) is 0 Å². The Bertz CT molecular complexity index is 315. The van der Waals surface area contributed by atoms with Crippen LogP contribution in [0, 0.1) is 5.92 Å². The Balaban J connectivity index is 2.64. The summed E-state index contributed by atoms with van der Waals surface area (Å²) in [6, 6.07) is 0.411. The molecule has 2 unspecified atom stereocenters. The predicted octanol–water partition coefficient (Wildman–Crippen LogP) is 2.05. The third kappa shape index (κ3) is 5.20. The van der Waals surface area contributed by atoms with Crippen molar-refractivity contribution in [3.8, 4) is 0 Å². The van der Waals surface area contributed by atoms with Crippen LogP contribution in [-0.2, 0) is 4.74 Å². The summed E-state index contributed by atoms with van der Waals surface area (Å²) in [7, 11) is 6.51. The second-order valence-corrected chi connectivity index (χ2v) is 7.87. The molecule has 0 bridgehead atoms. The van der Waals surface area contributed by atoms with Crippen LogP contribution in [0.5, 0.6) is 0 Å². The van der Waals surface area contributed by atoms with Crippen LogP contribution in [0.3, 0.4) is 0 Å². The zero-order chi connectivity index (χ0) is 16.3. The van der Waals surface area contributed by atoms with Crippen LogP contribution in [-0.4, -0.2) is 74.4 Å². The van der Waals surface area contributed by atoms with Gasteiger partial charge in [0.1, 0.15) is 0 Å². The normalized spacial score (nSPS) is 27.7. The van der Waals surface area contributed by atoms with Crippen LogP contribution in [0.2, 0.25) is 0 Å². The van der Waals surface area contributed by atoms with Crippen molar-refractivity contribution in [1.82, 2.24) is 15.1 Å². The van der Waals surface area contributed by atoms with Gasteiger partial charge in [0, 0.05) is 18.5 Å². The molecule has 1 aliphatic rings. The van der Waals surface area contributed by atoms with E-state index in [4.69, 9.17) is 4.74 Å².